The van der Waals surface area contributed by atoms with Gasteiger partial charge in [0.05, 0.1) is 16.4 Å². The lowest BCUT2D eigenvalue weighted by Crippen LogP contribution is -2.32. The molecule has 0 amide bonds. The molecular weight excluding hydrogens is 320 g/mol. The summed E-state index contributed by atoms with van der Waals surface area (Å²) in [4.78, 5) is 11.3. The van der Waals surface area contributed by atoms with Crippen LogP contribution in [0.2, 0.25) is 5.02 Å². The van der Waals surface area contributed by atoms with E-state index >= 15 is 0 Å². The van der Waals surface area contributed by atoms with Crippen LogP contribution in [0.3, 0.4) is 0 Å². The van der Waals surface area contributed by atoms with Gasteiger partial charge >= 0.3 is 0 Å². The maximum atomic E-state index is 6.19. The Morgan fingerprint density at radius 2 is 1.92 bits per heavy atom. The molecule has 3 aromatic rings. The molecule has 1 atom stereocenters. The van der Waals surface area contributed by atoms with Gasteiger partial charge in [-0.05, 0) is 50.1 Å². The van der Waals surface area contributed by atoms with Crippen molar-refractivity contribution in [2.24, 2.45) is 0 Å². The average Bonchev–Trinajstić information content (AvgIpc) is 2.89. The minimum atomic E-state index is 0.474. The van der Waals surface area contributed by atoms with E-state index in [4.69, 9.17) is 11.6 Å². The minimum absolute atomic E-state index is 0.474. The molecular formula is C19H23ClN4. The molecule has 0 fully saturated rings. The van der Waals surface area contributed by atoms with Gasteiger partial charge < -0.3 is 4.40 Å². The summed E-state index contributed by atoms with van der Waals surface area (Å²) in [6.07, 6.45) is 6.75. The largest absolute Gasteiger partial charge is 0.301 e. The number of rotatable bonds is 6. The van der Waals surface area contributed by atoms with Crippen molar-refractivity contribution in [1.29, 1.82) is 0 Å². The Balaban J connectivity index is 1.92. The van der Waals surface area contributed by atoms with E-state index in [0.29, 0.717) is 6.04 Å². The third-order valence-corrected chi connectivity index (χ3v) is 4.81. The lowest BCUT2D eigenvalue weighted by atomic mass is 10.1. The molecule has 24 heavy (non-hydrogen) atoms. The fourth-order valence-electron chi connectivity index (χ4n) is 2.92. The maximum absolute atomic E-state index is 6.19. The highest BCUT2D eigenvalue weighted by Gasteiger charge is 2.18. The molecule has 3 rings (SSSR count). The fraction of sp³-hybridized carbons (Fsp3) is 0.368. The smallest absolute Gasteiger partial charge is 0.137 e. The van der Waals surface area contributed by atoms with Crippen LogP contribution in [0.25, 0.3) is 5.65 Å². The second-order valence-corrected chi connectivity index (χ2v) is 6.67. The molecule has 126 valence electrons. The van der Waals surface area contributed by atoms with Gasteiger partial charge in [0, 0.05) is 37.7 Å². The summed E-state index contributed by atoms with van der Waals surface area (Å²) in [5, 5.41) is 0.727. The van der Waals surface area contributed by atoms with Gasteiger partial charge in [-0.2, -0.15) is 0 Å². The Bertz CT molecular complexity index is 813. The number of halogens is 1. The zero-order valence-electron chi connectivity index (χ0n) is 14.4. The Morgan fingerprint density at radius 3 is 2.62 bits per heavy atom. The van der Waals surface area contributed by atoms with Crippen molar-refractivity contribution >= 4 is 17.2 Å². The van der Waals surface area contributed by atoms with Gasteiger partial charge in [-0.25, -0.2) is 4.98 Å². The fourth-order valence-corrected chi connectivity index (χ4v) is 3.08. The van der Waals surface area contributed by atoms with E-state index in [2.05, 4.69) is 52.2 Å². The van der Waals surface area contributed by atoms with E-state index in [-0.39, 0.29) is 0 Å². The van der Waals surface area contributed by atoms with Crippen LogP contribution in [0, 0.1) is 6.92 Å². The predicted octanol–water partition coefficient (Wildman–Crippen LogP) is 4.49. The molecule has 5 heteroatoms. The van der Waals surface area contributed by atoms with Gasteiger partial charge in [0.15, 0.2) is 0 Å². The number of pyridine rings is 2. The normalized spacial score (nSPS) is 12.9. The third-order valence-electron chi connectivity index (χ3n) is 4.58. The van der Waals surface area contributed by atoms with Gasteiger partial charge in [0.1, 0.15) is 5.65 Å². The number of hydrogen-bond donors (Lipinski definition) is 0. The first-order valence-electron chi connectivity index (χ1n) is 8.34. The summed E-state index contributed by atoms with van der Waals surface area (Å²) >= 11 is 6.19. The van der Waals surface area contributed by atoms with E-state index in [1.165, 1.54) is 11.3 Å². The Morgan fingerprint density at radius 1 is 1.17 bits per heavy atom. The van der Waals surface area contributed by atoms with E-state index in [0.717, 1.165) is 35.9 Å². The lowest BCUT2D eigenvalue weighted by molar-refractivity contribution is 0.183. The SMILES string of the molecule is CC[C@@H](C)N(Cc1ccncc1)Cc1c(C)nc2ccc(Cl)cn12. The lowest BCUT2D eigenvalue weighted by Gasteiger charge is -2.28. The topological polar surface area (TPSA) is 33.4 Å². The summed E-state index contributed by atoms with van der Waals surface area (Å²) in [5.74, 6) is 0. The zero-order valence-corrected chi connectivity index (χ0v) is 15.2. The quantitative estimate of drug-likeness (QED) is 0.661. The van der Waals surface area contributed by atoms with E-state index in [1.54, 1.807) is 0 Å². The van der Waals surface area contributed by atoms with Crippen LogP contribution in [0.1, 0.15) is 37.2 Å². The number of aromatic nitrogens is 3. The van der Waals surface area contributed by atoms with Crippen LogP contribution in [0.5, 0.6) is 0 Å². The van der Waals surface area contributed by atoms with E-state index in [1.807, 2.05) is 30.7 Å². The molecule has 0 bridgehead atoms. The summed E-state index contributed by atoms with van der Waals surface area (Å²) < 4.78 is 2.11. The molecule has 3 heterocycles. The molecule has 0 spiro atoms. The third kappa shape index (κ3) is 3.60. The molecule has 0 aliphatic rings. The van der Waals surface area contributed by atoms with Gasteiger partial charge in [-0.1, -0.05) is 18.5 Å². The maximum Gasteiger partial charge on any atom is 0.137 e. The highest BCUT2D eigenvalue weighted by atomic mass is 35.5. The van der Waals surface area contributed by atoms with Crippen LogP contribution < -0.4 is 0 Å². The van der Waals surface area contributed by atoms with Crippen molar-refractivity contribution in [3.8, 4) is 0 Å². The molecule has 0 aliphatic heterocycles. The second kappa shape index (κ2) is 7.32. The minimum Gasteiger partial charge on any atom is -0.301 e. The number of fused-ring (bicyclic) bond motifs is 1. The van der Waals surface area contributed by atoms with Crippen LogP contribution >= 0.6 is 11.6 Å². The molecule has 0 radical (unpaired) electrons. The van der Waals surface area contributed by atoms with Crippen molar-refractivity contribution in [1.82, 2.24) is 19.3 Å². The van der Waals surface area contributed by atoms with Crippen molar-refractivity contribution in [2.45, 2.75) is 46.3 Å². The van der Waals surface area contributed by atoms with Crippen LogP contribution in [-0.4, -0.2) is 25.3 Å². The summed E-state index contributed by atoms with van der Waals surface area (Å²) in [6, 6.07) is 8.48. The van der Waals surface area contributed by atoms with E-state index in [9.17, 15) is 0 Å². The molecule has 0 aliphatic carbocycles. The Kier molecular flexibility index (Phi) is 5.17. The highest BCUT2D eigenvalue weighted by molar-refractivity contribution is 6.30. The number of hydrogen-bond acceptors (Lipinski definition) is 3. The second-order valence-electron chi connectivity index (χ2n) is 6.24. The molecule has 0 N–H and O–H groups in total. The Hall–Kier alpha value is -1.91. The highest BCUT2D eigenvalue weighted by Crippen LogP contribution is 2.20. The molecule has 3 aromatic heterocycles. The predicted molar refractivity (Wildman–Crippen MR) is 98.2 cm³/mol. The molecule has 4 nitrogen and oxygen atoms in total. The van der Waals surface area contributed by atoms with Crippen LogP contribution in [0.15, 0.2) is 42.9 Å². The monoisotopic (exact) mass is 342 g/mol. The standard InChI is InChI=1S/C19H23ClN4/c1-4-14(2)23(11-16-7-9-21-10-8-16)13-18-15(3)22-19-6-5-17(20)12-24(18)19/h5-10,12,14H,4,11,13H2,1-3H3/t14-/m1/s1. The molecule has 0 saturated heterocycles. The van der Waals surface area contributed by atoms with Gasteiger partial charge in [0.2, 0.25) is 0 Å². The first-order chi connectivity index (χ1) is 11.6. The number of nitrogens with zero attached hydrogens (tertiary/aromatic N) is 4. The van der Waals surface area contributed by atoms with Gasteiger partial charge in [-0.15, -0.1) is 0 Å². The van der Waals surface area contributed by atoms with Crippen LogP contribution in [0.4, 0.5) is 0 Å². The number of imidazole rings is 1. The van der Waals surface area contributed by atoms with Gasteiger partial charge in [0.25, 0.3) is 0 Å². The van der Waals surface area contributed by atoms with Crippen molar-refractivity contribution in [3.05, 3.63) is 64.8 Å². The average molecular weight is 343 g/mol. The zero-order chi connectivity index (χ0) is 17.1. The summed E-state index contributed by atoms with van der Waals surface area (Å²) in [7, 11) is 0. The summed E-state index contributed by atoms with van der Waals surface area (Å²) in [6.45, 7) is 8.29. The molecule has 0 aromatic carbocycles. The first-order valence-corrected chi connectivity index (χ1v) is 8.72. The molecule has 0 unspecified atom stereocenters. The Labute approximate surface area is 148 Å². The van der Waals surface area contributed by atoms with Crippen molar-refractivity contribution in [3.63, 3.8) is 0 Å². The van der Waals surface area contributed by atoms with Crippen molar-refractivity contribution in [2.75, 3.05) is 0 Å². The van der Waals surface area contributed by atoms with Gasteiger partial charge in [-0.3, -0.25) is 9.88 Å². The van der Waals surface area contributed by atoms with Crippen LogP contribution in [-0.2, 0) is 13.1 Å². The summed E-state index contributed by atoms with van der Waals surface area (Å²) in [5.41, 5.74) is 4.47. The van der Waals surface area contributed by atoms with E-state index < -0.39 is 0 Å². The van der Waals surface area contributed by atoms with Crippen molar-refractivity contribution < 1.29 is 0 Å². The first kappa shape index (κ1) is 16.9. The number of aryl methyl sites for hydroxylation is 1. The molecule has 0 saturated carbocycles.